The van der Waals surface area contributed by atoms with Crippen LogP contribution in [0.4, 0.5) is 0 Å². The predicted octanol–water partition coefficient (Wildman–Crippen LogP) is 0.816. The van der Waals surface area contributed by atoms with Crippen LogP contribution in [0.2, 0.25) is 0 Å². The maximum Gasteiger partial charge on any atom is 0.120 e. The highest BCUT2D eigenvalue weighted by atomic mass is 16.6. The number of nitrogens with zero attached hydrogens (tertiary/aromatic N) is 1. The molecule has 0 spiro atoms. The van der Waals surface area contributed by atoms with E-state index in [1.807, 2.05) is 0 Å². The smallest absolute Gasteiger partial charge is 0.120 e. The summed E-state index contributed by atoms with van der Waals surface area (Å²) in [6.07, 6.45) is 2.58. The maximum absolute atomic E-state index is 5.24. The third-order valence-corrected chi connectivity index (χ3v) is 2.11. The Balaban J connectivity index is 1.68. The van der Waals surface area contributed by atoms with Gasteiger partial charge in [-0.05, 0) is 18.8 Å². The van der Waals surface area contributed by atoms with Crippen LogP contribution in [0.5, 0.6) is 0 Å². The van der Waals surface area contributed by atoms with E-state index in [0.29, 0.717) is 26.4 Å². The van der Waals surface area contributed by atoms with E-state index in [0.717, 1.165) is 18.2 Å². The van der Waals surface area contributed by atoms with E-state index in [4.69, 9.17) is 14.3 Å². The zero-order valence-corrected chi connectivity index (χ0v) is 7.70. The Morgan fingerprint density at radius 1 is 1.23 bits per heavy atom. The number of oxime groups is 1. The van der Waals surface area contributed by atoms with Gasteiger partial charge in [-0.1, -0.05) is 5.16 Å². The summed E-state index contributed by atoms with van der Waals surface area (Å²) in [7, 11) is 0. The van der Waals surface area contributed by atoms with Gasteiger partial charge in [0.2, 0.25) is 0 Å². The molecule has 1 saturated carbocycles. The minimum atomic E-state index is 0.546. The van der Waals surface area contributed by atoms with E-state index in [9.17, 15) is 0 Å². The first-order valence-electron chi connectivity index (χ1n) is 4.78. The van der Waals surface area contributed by atoms with Crippen molar-refractivity contribution in [3.63, 3.8) is 0 Å². The summed E-state index contributed by atoms with van der Waals surface area (Å²) in [5, 5.41) is 3.99. The van der Waals surface area contributed by atoms with Gasteiger partial charge >= 0.3 is 0 Å². The first-order chi connectivity index (χ1) is 6.45. The van der Waals surface area contributed by atoms with Crippen molar-refractivity contribution in [2.24, 2.45) is 11.1 Å². The van der Waals surface area contributed by atoms with Crippen LogP contribution >= 0.6 is 0 Å². The number of ether oxygens (including phenoxy) is 2. The van der Waals surface area contributed by atoms with Gasteiger partial charge in [-0.3, -0.25) is 0 Å². The zero-order chi connectivity index (χ0) is 8.93. The Bertz CT molecular complexity index is 179. The molecule has 0 radical (unpaired) electrons. The molecule has 1 heterocycles. The summed E-state index contributed by atoms with van der Waals surface area (Å²) < 4.78 is 10.5. The van der Waals surface area contributed by atoms with E-state index >= 15 is 0 Å². The molecule has 0 bridgehead atoms. The second-order valence-corrected chi connectivity index (χ2v) is 3.50. The van der Waals surface area contributed by atoms with Crippen molar-refractivity contribution in [2.45, 2.75) is 12.8 Å². The minimum Gasteiger partial charge on any atom is -0.395 e. The molecule has 74 valence electrons. The van der Waals surface area contributed by atoms with Crippen molar-refractivity contribution in [1.82, 2.24) is 0 Å². The normalized spacial score (nSPS) is 23.8. The molecule has 1 saturated heterocycles. The lowest BCUT2D eigenvalue weighted by atomic mass is 10.4. The molecule has 0 aromatic heterocycles. The average Bonchev–Trinajstić information content (AvgIpc) is 2.91. The molecule has 4 nitrogen and oxygen atoms in total. The van der Waals surface area contributed by atoms with Gasteiger partial charge < -0.3 is 14.3 Å². The molecule has 0 aromatic carbocycles. The summed E-state index contributed by atoms with van der Waals surface area (Å²) in [5.41, 5.74) is 0.859. The van der Waals surface area contributed by atoms with Crippen molar-refractivity contribution in [2.75, 3.05) is 33.0 Å². The van der Waals surface area contributed by atoms with Gasteiger partial charge in [0.1, 0.15) is 12.3 Å². The van der Waals surface area contributed by atoms with Gasteiger partial charge in [0.25, 0.3) is 0 Å². The van der Waals surface area contributed by atoms with Gasteiger partial charge in [0.15, 0.2) is 0 Å². The van der Waals surface area contributed by atoms with E-state index in [-0.39, 0.29) is 0 Å². The van der Waals surface area contributed by atoms with Gasteiger partial charge in [-0.15, -0.1) is 0 Å². The summed E-state index contributed by atoms with van der Waals surface area (Å²) in [5.74, 6) is 0.747. The lowest BCUT2D eigenvalue weighted by Crippen LogP contribution is -2.12. The fourth-order valence-corrected chi connectivity index (χ4v) is 1.11. The maximum atomic E-state index is 5.24. The van der Waals surface area contributed by atoms with Crippen molar-refractivity contribution >= 4 is 5.71 Å². The molecule has 0 N–H and O–H groups in total. The van der Waals surface area contributed by atoms with Crippen LogP contribution in [0.15, 0.2) is 5.16 Å². The van der Waals surface area contributed by atoms with Gasteiger partial charge in [-0.2, -0.15) is 0 Å². The highest BCUT2D eigenvalue weighted by Gasteiger charge is 2.22. The molecule has 4 heteroatoms. The van der Waals surface area contributed by atoms with Crippen LogP contribution in [0.1, 0.15) is 12.8 Å². The molecular formula is C9H15NO3. The molecule has 0 unspecified atom stereocenters. The molecule has 2 aliphatic rings. The molecule has 0 atom stereocenters. The molecule has 2 fully saturated rings. The fraction of sp³-hybridized carbons (Fsp3) is 0.889. The van der Waals surface area contributed by atoms with E-state index in [1.165, 1.54) is 12.8 Å². The average molecular weight is 185 g/mol. The van der Waals surface area contributed by atoms with E-state index in [1.54, 1.807) is 0 Å². The Kier molecular flexibility index (Phi) is 3.16. The Morgan fingerprint density at radius 2 is 1.92 bits per heavy atom. The van der Waals surface area contributed by atoms with Crippen LogP contribution in [0.25, 0.3) is 0 Å². The second-order valence-electron chi connectivity index (χ2n) is 3.50. The van der Waals surface area contributed by atoms with Crippen LogP contribution in [0, 0.1) is 5.92 Å². The topological polar surface area (TPSA) is 40.0 Å². The molecule has 1 aliphatic carbocycles. The second kappa shape index (κ2) is 4.58. The summed E-state index contributed by atoms with van der Waals surface area (Å²) in [6, 6.07) is 0. The van der Waals surface area contributed by atoms with Crippen molar-refractivity contribution in [1.29, 1.82) is 0 Å². The van der Waals surface area contributed by atoms with Crippen molar-refractivity contribution < 1.29 is 14.3 Å². The standard InChI is InChI=1S/C9H15NO3/c1-2-8(1)5-13-10-9-6-11-3-4-12-7-9/h8H,1-7H2. The lowest BCUT2D eigenvalue weighted by Gasteiger charge is -2.01. The predicted molar refractivity (Wildman–Crippen MR) is 47.7 cm³/mol. The molecule has 2 rings (SSSR count). The zero-order valence-electron chi connectivity index (χ0n) is 7.70. The third kappa shape index (κ3) is 3.32. The van der Waals surface area contributed by atoms with Gasteiger partial charge in [-0.25, -0.2) is 0 Å². The van der Waals surface area contributed by atoms with E-state index < -0.39 is 0 Å². The fourth-order valence-electron chi connectivity index (χ4n) is 1.11. The Morgan fingerprint density at radius 3 is 2.54 bits per heavy atom. The first kappa shape index (κ1) is 8.97. The quantitative estimate of drug-likeness (QED) is 0.611. The molecule has 1 aliphatic heterocycles. The number of rotatable bonds is 3. The highest BCUT2D eigenvalue weighted by molar-refractivity contribution is 5.86. The van der Waals surface area contributed by atoms with Crippen molar-refractivity contribution in [3.8, 4) is 0 Å². The minimum absolute atomic E-state index is 0.546. The third-order valence-electron chi connectivity index (χ3n) is 2.11. The van der Waals surface area contributed by atoms with Gasteiger partial charge in [0.05, 0.1) is 26.4 Å². The molecule has 0 aromatic rings. The van der Waals surface area contributed by atoms with Gasteiger partial charge in [0, 0.05) is 0 Å². The number of hydrogen-bond acceptors (Lipinski definition) is 4. The Labute approximate surface area is 77.8 Å². The van der Waals surface area contributed by atoms with Crippen LogP contribution in [-0.2, 0) is 14.3 Å². The van der Waals surface area contributed by atoms with Crippen LogP contribution in [-0.4, -0.2) is 38.7 Å². The molecular weight excluding hydrogens is 170 g/mol. The number of hydrogen-bond donors (Lipinski definition) is 0. The Hall–Kier alpha value is -0.610. The summed E-state index contributed by atoms with van der Waals surface area (Å²) in [4.78, 5) is 5.18. The van der Waals surface area contributed by atoms with Crippen molar-refractivity contribution in [3.05, 3.63) is 0 Å². The largest absolute Gasteiger partial charge is 0.395 e. The SMILES string of the molecule is C1COCC(=NOCC2CC2)CO1. The monoisotopic (exact) mass is 185 g/mol. The van der Waals surface area contributed by atoms with Crippen LogP contribution < -0.4 is 0 Å². The molecule has 0 amide bonds. The first-order valence-corrected chi connectivity index (χ1v) is 4.78. The summed E-state index contributed by atoms with van der Waals surface area (Å²) in [6.45, 7) is 3.15. The molecule has 13 heavy (non-hydrogen) atoms. The lowest BCUT2D eigenvalue weighted by molar-refractivity contribution is 0.103. The van der Waals surface area contributed by atoms with E-state index in [2.05, 4.69) is 5.16 Å². The summed E-state index contributed by atoms with van der Waals surface area (Å²) >= 11 is 0. The highest BCUT2D eigenvalue weighted by Crippen LogP contribution is 2.28. The van der Waals surface area contributed by atoms with Crippen LogP contribution in [0.3, 0.4) is 0 Å².